The largest absolute Gasteiger partial charge is 0.434 e. The molecule has 29 heavy (non-hydrogen) atoms. The number of allylic oxidation sites excluding steroid dienone is 2. The average Bonchev–Trinajstić information content (AvgIpc) is 2.69. The quantitative estimate of drug-likeness (QED) is 0.403. The summed E-state index contributed by atoms with van der Waals surface area (Å²) in [6, 6.07) is 7.22. The van der Waals surface area contributed by atoms with Gasteiger partial charge < -0.3 is 4.74 Å². The molecule has 2 aromatic carbocycles. The summed E-state index contributed by atoms with van der Waals surface area (Å²) in [6.07, 6.45) is 11.9. The van der Waals surface area contributed by atoms with E-state index in [9.17, 15) is 8.78 Å². The normalized spacial score (nSPS) is 20.1. The molecule has 1 aliphatic rings. The van der Waals surface area contributed by atoms with Crippen LogP contribution in [0.5, 0.6) is 5.75 Å². The van der Waals surface area contributed by atoms with Crippen molar-refractivity contribution in [3.8, 4) is 5.75 Å². The predicted molar refractivity (Wildman–Crippen MR) is 113 cm³/mol. The van der Waals surface area contributed by atoms with Crippen LogP contribution in [0.2, 0.25) is 0 Å². The Morgan fingerprint density at radius 2 is 1.90 bits per heavy atom. The van der Waals surface area contributed by atoms with E-state index in [1.54, 1.807) is 12.1 Å². The second-order valence-electron chi connectivity index (χ2n) is 8.15. The summed E-state index contributed by atoms with van der Waals surface area (Å²) in [4.78, 5) is 0. The smallest absolute Gasteiger partial charge is 0.387 e. The van der Waals surface area contributed by atoms with Crippen LogP contribution in [0.15, 0.2) is 36.4 Å². The summed E-state index contributed by atoms with van der Waals surface area (Å²) >= 11 is 0. The van der Waals surface area contributed by atoms with Gasteiger partial charge >= 0.3 is 6.61 Å². The molecule has 0 aromatic heterocycles. The zero-order valence-corrected chi connectivity index (χ0v) is 17.4. The number of fused-ring (bicyclic) bond motifs is 1. The number of ether oxygens (including phenoxy) is 1. The molecule has 4 heteroatoms. The second kappa shape index (κ2) is 10.2. The minimum Gasteiger partial charge on any atom is -0.434 e. The van der Waals surface area contributed by atoms with Crippen molar-refractivity contribution < 1.29 is 17.9 Å². The van der Waals surface area contributed by atoms with Crippen LogP contribution >= 0.6 is 0 Å². The van der Waals surface area contributed by atoms with Gasteiger partial charge in [-0.15, -0.1) is 0 Å². The molecular weight excluding hydrogens is 373 g/mol. The van der Waals surface area contributed by atoms with Gasteiger partial charge in [0.1, 0.15) is 11.6 Å². The Kier molecular flexibility index (Phi) is 7.63. The third-order valence-corrected chi connectivity index (χ3v) is 6.13. The lowest BCUT2D eigenvalue weighted by molar-refractivity contribution is -0.0508. The van der Waals surface area contributed by atoms with Gasteiger partial charge in [-0.2, -0.15) is 8.78 Å². The molecule has 0 unspecified atom stereocenters. The Morgan fingerprint density at radius 1 is 1.14 bits per heavy atom. The van der Waals surface area contributed by atoms with E-state index in [1.165, 1.54) is 0 Å². The Bertz CT molecular complexity index is 836. The number of hydrogen-bond donors (Lipinski definition) is 0. The lowest BCUT2D eigenvalue weighted by Crippen LogP contribution is -2.16. The Morgan fingerprint density at radius 3 is 2.55 bits per heavy atom. The third-order valence-electron chi connectivity index (χ3n) is 6.13. The van der Waals surface area contributed by atoms with Crippen LogP contribution in [0.4, 0.5) is 13.2 Å². The van der Waals surface area contributed by atoms with Crippen molar-refractivity contribution >= 4 is 10.8 Å². The van der Waals surface area contributed by atoms with Gasteiger partial charge in [-0.3, -0.25) is 0 Å². The van der Waals surface area contributed by atoms with Gasteiger partial charge in [0, 0.05) is 10.9 Å². The highest BCUT2D eigenvalue weighted by Gasteiger charge is 2.29. The molecule has 3 rings (SSSR count). The molecule has 158 valence electrons. The molecule has 1 aliphatic carbocycles. The van der Waals surface area contributed by atoms with Crippen molar-refractivity contribution in [3.63, 3.8) is 0 Å². The number of benzene rings is 2. The Hall–Kier alpha value is -1.97. The highest BCUT2D eigenvalue weighted by molar-refractivity contribution is 5.86. The van der Waals surface area contributed by atoms with Crippen molar-refractivity contribution in [1.82, 2.24) is 0 Å². The molecule has 0 aliphatic heterocycles. The van der Waals surface area contributed by atoms with Crippen LogP contribution < -0.4 is 4.74 Å². The first-order valence-corrected chi connectivity index (χ1v) is 10.8. The molecule has 0 radical (unpaired) electrons. The van der Waals surface area contributed by atoms with Crippen molar-refractivity contribution in [2.45, 2.75) is 77.7 Å². The van der Waals surface area contributed by atoms with Gasteiger partial charge in [0.25, 0.3) is 0 Å². The van der Waals surface area contributed by atoms with E-state index in [1.807, 2.05) is 19.1 Å². The molecule has 0 spiro atoms. The molecule has 0 bridgehead atoms. The maximum absolute atomic E-state index is 15.5. The second-order valence-corrected chi connectivity index (χ2v) is 8.15. The van der Waals surface area contributed by atoms with Gasteiger partial charge in [-0.1, -0.05) is 43.7 Å². The fourth-order valence-corrected chi connectivity index (χ4v) is 4.66. The van der Waals surface area contributed by atoms with Crippen LogP contribution in [0.1, 0.15) is 75.8 Å². The molecule has 0 amide bonds. The maximum Gasteiger partial charge on any atom is 0.387 e. The monoisotopic (exact) mass is 404 g/mol. The first kappa shape index (κ1) is 21.7. The Balaban J connectivity index is 1.89. The molecule has 1 nitrogen and oxygen atoms in total. The van der Waals surface area contributed by atoms with Crippen molar-refractivity contribution in [1.29, 1.82) is 0 Å². The predicted octanol–water partition coefficient (Wildman–Crippen LogP) is 8.16. The van der Waals surface area contributed by atoms with E-state index in [-0.39, 0.29) is 11.7 Å². The minimum atomic E-state index is -2.96. The highest BCUT2D eigenvalue weighted by atomic mass is 19.3. The zero-order chi connectivity index (χ0) is 20.8. The summed E-state index contributed by atoms with van der Waals surface area (Å²) in [5, 5.41) is 1.13. The van der Waals surface area contributed by atoms with Crippen LogP contribution in [0.25, 0.3) is 10.8 Å². The van der Waals surface area contributed by atoms with Crippen LogP contribution in [0, 0.1) is 11.7 Å². The number of rotatable bonds is 8. The SMILES string of the molecule is C/C=C/CCC1CCC(c2c(OC(F)F)cc3cc(CCC)ccc3c2F)CC1. The fraction of sp³-hybridized carbons (Fsp3) is 0.520. The standard InChI is InChI=1S/C25H31F3O/c1-3-5-6-8-17-9-12-19(13-10-17)23-22(29-25(27)28)16-20-15-18(7-4-2)11-14-21(20)24(23)26/h3,5,11,14-17,19,25H,4,6-10,12-13H2,1-2H3/b5-3+. The number of halogens is 3. The molecule has 0 saturated heterocycles. The molecule has 1 saturated carbocycles. The van der Waals surface area contributed by atoms with Crippen LogP contribution in [-0.2, 0) is 6.42 Å². The molecule has 0 heterocycles. The highest BCUT2D eigenvalue weighted by Crippen LogP contribution is 2.44. The first-order chi connectivity index (χ1) is 14.0. The zero-order valence-electron chi connectivity index (χ0n) is 17.4. The van der Waals surface area contributed by atoms with Crippen molar-refractivity contribution in [2.75, 3.05) is 0 Å². The first-order valence-electron chi connectivity index (χ1n) is 10.8. The van der Waals surface area contributed by atoms with E-state index < -0.39 is 12.4 Å². The molecule has 0 atom stereocenters. The fourth-order valence-electron chi connectivity index (χ4n) is 4.66. The maximum atomic E-state index is 15.5. The van der Waals surface area contributed by atoms with E-state index in [0.29, 0.717) is 22.3 Å². The van der Waals surface area contributed by atoms with Gasteiger partial charge in [-0.25, -0.2) is 4.39 Å². The lowest BCUT2D eigenvalue weighted by atomic mass is 9.76. The van der Waals surface area contributed by atoms with E-state index in [2.05, 4.69) is 19.1 Å². The summed E-state index contributed by atoms with van der Waals surface area (Å²) in [7, 11) is 0. The average molecular weight is 405 g/mol. The van der Waals surface area contributed by atoms with Gasteiger partial charge in [0.15, 0.2) is 0 Å². The van der Waals surface area contributed by atoms with Crippen molar-refractivity contribution in [3.05, 3.63) is 53.4 Å². The van der Waals surface area contributed by atoms with Gasteiger partial charge in [-0.05, 0) is 80.7 Å². The van der Waals surface area contributed by atoms with E-state index in [0.717, 1.165) is 56.9 Å². The summed E-state index contributed by atoms with van der Waals surface area (Å²) < 4.78 is 46.5. The Labute approximate surface area is 172 Å². The summed E-state index contributed by atoms with van der Waals surface area (Å²) in [6.45, 7) is 1.14. The molecular formula is C25H31F3O. The minimum absolute atomic E-state index is 0.0102. The molecule has 2 aromatic rings. The van der Waals surface area contributed by atoms with Crippen molar-refractivity contribution in [2.24, 2.45) is 5.92 Å². The molecule has 1 fully saturated rings. The van der Waals surface area contributed by atoms with E-state index in [4.69, 9.17) is 4.74 Å². The number of alkyl halides is 2. The van der Waals surface area contributed by atoms with Gasteiger partial charge in [0.2, 0.25) is 0 Å². The lowest BCUT2D eigenvalue weighted by Gasteiger charge is -2.30. The van der Waals surface area contributed by atoms with Crippen LogP contribution in [-0.4, -0.2) is 6.61 Å². The van der Waals surface area contributed by atoms with Gasteiger partial charge in [0.05, 0.1) is 0 Å². The number of hydrogen-bond acceptors (Lipinski definition) is 1. The topological polar surface area (TPSA) is 9.23 Å². The third kappa shape index (κ3) is 5.34. The summed E-state index contributed by atoms with van der Waals surface area (Å²) in [5.41, 5.74) is 1.42. The van der Waals surface area contributed by atoms with E-state index >= 15 is 4.39 Å². The number of aryl methyl sites for hydroxylation is 1. The molecule has 0 N–H and O–H groups in total. The summed E-state index contributed by atoms with van der Waals surface area (Å²) in [5.74, 6) is 0.179. The van der Waals surface area contributed by atoms with Crippen LogP contribution in [0.3, 0.4) is 0 Å².